The Labute approximate surface area is 70.5 Å². The number of carbonyl (C=O) groups excluding carboxylic acids is 1. The van der Waals surface area contributed by atoms with Gasteiger partial charge in [0.1, 0.15) is 0 Å². The predicted molar refractivity (Wildman–Crippen MR) is 39.3 cm³/mol. The van der Waals surface area contributed by atoms with Crippen LogP contribution in [0.5, 0.6) is 0 Å². The first-order valence-electron chi connectivity index (χ1n) is 3.97. The number of nitrogens with zero attached hydrogens (tertiary/aromatic N) is 1. The maximum absolute atomic E-state index is 11.1. The second kappa shape index (κ2) is 3.38. The Morgan fingerprint density at radius 1 is 1.75 bits per heavy atom. The van der Waals surface area contributed by atoms with Gasteiger partial charge in [-0.3, -0.25) is 0 Å². The van der Waals surface area contributed by atoms with E-state index in [1.54, 1.807) is 6.92 Å². The minimum Gasteiger partial charge on any atom is -0.463 e. The number of ether oxygens (including phenoxy) is 1. The van der Waals surface area contributed by atoms with Crippen molar-refractivity contribution >= 4 is 5.97 Å². The van der Waals surface area contributed by atoms with Crippen LogP contribution in [0.3, 0.4) is 0 Å². The highest BCUT2D eigenvalue weighted by atomic mass is 16.6. The van der Waals surface area contributed by atoms with Gasteiger partial charge in [0.2, 0.25) is 5.72 Å². The Balaban J connectivity index is 2.63. The number of esters is 1. The molecule has 12 heavy (non-hydrogen) atoms. The van der Waals surface area contributed by atoms with Crippen LogP contribution < -0.4 is 0 Å². The lowest BCUT2D eigenvalue weighted by Crippen LogP contribution is -2.49. The monoisotopic (exact) mass is 175 g/mol. The van der Waals surface area contributed by atoms with Gasteiger partial charge < -0.3 is 15.1 Å². The zero-order chi connectivity index (χ0) is 9.19. The summed E-state index contributed by atoms with van der Waals surface area (Å²) in [4.78, 5) is 11.1. The van der Waals surface area contributed by atoms with Crippen LogP contribution in [0.25, 0.3) is 0 Å². The SMILES string of the molecule is CCOC(=O)[C@]1(O)CCCN1O. The maximum atomic E-state index is 11.1. The quantitative estimate of drug-likeness (QED) is 0.565. The van der Waals surface area contributed by atoms with E-state index in [1.165, 1.54) is 0 Å². The normalized spacial score (nSPS) is 30.6. The molecule has 1 rings (SSSR count). The summed E-state index contributed by atoms with van der Waals surface area (Å²) in [7, 11) is 0. The minimum atomic E-state index is -1.81. The molecule has 0 saturated carbocycles. The Bertz CT molecular complexity index is 184. The number of hydroxylamine groups is 2. The van der Waals surface area contributed by atoms with Crippen molar-refractivity contribution in [2.24, 2.45) is 0 Å². The summed E-state index contributed by atoms with van der Waals surface area (Å²) in [5.41, 5.74) is -1.81. The minimum absolute atomic E-state index is 0.203. The first-order chi connectivity index (χ1) is 5.61. The third-order valence-corrected chi connectivity index (χ3v) is 1.92. The summed E-state index contributed by atoms with van der Waals surface area (Å²) in [6.45, 7) is 2.15. The van der Waals surface area contributed by atoms with Gasteiger partial charge in [-0.15, -0.1) is 0 Å². The van der Waals surface area contributed by atoms with Crippen molar-refractivity contribution in [3.8, 4) is 0 Å². The maximum Gasteiger partial charge on any atom is 0.356 e. The fourth-order valence-electron chi connectivity index (χ4n) is 1.24. The van der Waals surface area contributed by atoms with Crippen molar-refractivity contribution in [3.05, 3.63) is 0 Å². The first kappa shape index (κ1) is 9.44. The van der Waals surface area contributed by atoms with Gasteiger partial charge in [0.25, 0.3) is 0 Å². The molecular weight excluding hydrogens is 162 g/mol. The second-order valence-corrected chi connectivity index (χ2v) is 2.76. The van der Waals surface area contributed by atoms with Crippen LogP contribution in [0.15, 0.2) is 0 Å². The smallest absolute Gasteiger partial charge is 0.356 e. The van der Waals surface area contributed by atoms with Crippen LogP contribution in [0.1, 0.15) is 19.8 Å². The van der Waals surface area contributed by atoms with Crippen molar-refractivity contribution in [3.63, 3.8) is 0 Å². The lowest BCUT2D eigenvalue weighted by molar-refractivity contribution is -0.246. The Morgan fingerprint density at radius 3 is 2.83 bits per heavy atom. The van der Waals surface area contributed by atoms with Crippen molar-refractivity contribution in [2.45, 2.75) is 25.5 Å². The molecule has 0 aliphatic carbocycles. The van der Waals surface area contributed by atoms with E-state index in [0.29, 0.717) is 18.0 Å². The average molecular weight is 175 g/mol. The van der Waals surface area contributed by atoms with E-state index in [4.69, 9.17) is 5.21 Å². The van der Waals surface area contributed by atoms with Gasteiger partial charge in [-0.25, -0.2) is 4.79 Å². The van der Waals surface area contributed by atoms with Gasteiger partial charge >= 0.3 is 5.97 Å². The number of hydrogen-bond donors (Lipinski definition) is 2. The molecule has 0 aromatic heterocycles. The molecule has 0 bridgehead atoms. The topological polar surface area (TPSA) is 70.0 Å². The molecule has 1 aliphatic heterocycles. The van der Waals surface area contributed by atoms with Crippen LogP contribution in [0, 0.1) is 0 Å². The molecule has 1 saturated heterocycles. The largest absolute Gasteiger partial charge is 0.463 e. The van der Waals surface area contributed by atoms with E-state index in [2.05, 4.69) is 4.74 Å². The highest BCUT2D eigenvalue weighted by molar-refractivity contribution is 5.78. The molecule has 1 fully saturated rings. The van der Waals surface area contributed by atoms with E-state index >= 15 is 0 Å². The Morgan fingerprint density at radius 2 is 2.42 bits per heavy atom. The zero-order valence-electron chi connectivity index (χ0n) is 6.99. The Hall–Kier alpha value is -0.650. The average Bonchev–Trinajstić information content (AvgIpc) is 2.34. The lowest BCUT2D eigenvalue weighted by Gasteiger charge is -2.25. The van der Waals surface area contributed by atoms with Gasteiger partial charge in [-0.05, 0) is 13.3 Å². The van der Waals surface area contributed by atoms with Crippen molar-refractivity contribution in [1.82, 2.24) is 5.06 Å². The number of aliphatic hydroxyl groups is 1. The Kier molecular flexibility index (Phi) is 2.66. The molecule has 1 aliphatic rings. The molecular formula is C7H13NO4. The molecule has 70 valence electrons. The fraction of sp³-hybridized carbons (Fsp3) is 0.857. The van der Waals surface area contributed by atoms with Crippen molar-refractivity contribution in [2.75, 3.05) is 13.2 Å². The van der Waals surface area contributed by atoms with E-state index in [9.17, 15) is 9.90 Å². The molecule has 5 heteroatoms. The summed E-state index contributed by atoms with van der Waals surface area (Å²) in [5.74, 6) is -0.773. The van der Waals surface area contributed by atoms with Crippen LogP contribution in [0.2, 0.25) is 0 Å². The summed E-state index contributed by atoms with van der Waals surface area (Å²) in [5, 5.41) is 19.3. The van der Waals surface area contributed by atoms with E-state index in [-0.39, 0.29) is 13.0 Å². The van der Waals surface area contributed by atoms with Gasteiger partial charge in [-0.2, -0.15) is 5.06 Å². The van der Waals surface area contributed by atoms with Crippen molar-refractivity contribution < 1.29 is 19.8 Å². The highest BCUT2D eigenvalue weighted by Gasteiger charge is 2.47. The third kappa shape index (κ3) is 1.43. The van der Waals surface area contributed by atoms with Crippen LogP contribution >= 0.6 is 0 Å². The zero-order valence-corrected chi connectivity index (χ0v) is 6.99. The van der Waals surface area contributed by atoms with Crippen LogP contribution in [-0.4, -0.2) is 40.2 Å². The summed E-state index contributed by atoms with van der Waals surface area (Å²) in [6, 6.07) is 0. The fourth-order valence-corrected chi connectivity index (χ4v) is 1.24. The lowest BCUT2D eigenvalue weighted by atomic mass is 10.2. The number of hydrogen-bond acceptors (Lipinski definition) is 5. The summed E-state index contributed by atoms with van der Waals surface area (Å²) in [6.07, 6.45) is 0.814. The molecule has 0 aromatic rings. The molecule has 0 spiro atoms. The van der Waals surface area contributed by atoms with Gasteiger partial charge in [0.05, 0.1) is 6.61 Å². The van der Waals surface area contributed by atoms with Crippen molar-refractivity contribution in [1.29, 1.82) is 0 Å². The van der Waals surface area contributed by atoms with E-state index in [1.807, 2.05) is 0 Å². The van der Waals surface area contributed by atoms with E-state index in [0.717, 1.165) is 0 Å². The first-order valence-corrected chi connectivity index (χ1v) is 3.97. The number of rotatable bonds is 2. The van der Waals surface area contributed by atoms with Gasteiger partial charge in [0.15, 0.2) is 0 Å². The molecule has 1 heterocycles. The second-order valence-electron chi connectivity index (χ2n) is 2.76. The van der Waals surface area contributed by atoms with Gasteiger partial charge in [0, 0.05) is 13.0 Å². The van der Waals surface area contributed by atoms with Gasteiger partial charge in [-0.1, -0.05) is 0 Å². The molecule has 0 amide bonds. The highest BCUT2D eigenvalue weighted by Crippen LogP contribution is 2.25. The van der Waals surface area contributed by atoms with Crippen LogP contribution in [-0.2, 0) is 9.53 Å². The third-order valence-electron chi connectivity index (χ3n) is 1.92. The number of carbonyl (C=O) groups is 1. The summed E-state index contributed by atoms with van der Waals surface area (Å²) < 4.78 is 4.61. The predicted octanol–water partition coefficient (Wildman–Crippen LogP) is -0.277. The molecule has 0 unspecified atom stereocenters. The van der Waals surface area contributed by atoms with E-state index < -0.39 is 11.7 Å². The molecule has 1 atom stereocenters. The standard InChI is InChI=1S/C7H13NO4/c1-2-12-6(9)7(10)4-3-5-8(7)11/h10-11H,2-5H2,1H3/t7-/m1/s1. The summed E-state index contributed by atoms with van der Waals surface area (Å²) >= 11 is 0. The molecule has 2 N–H and O–H groups in total. The van der Waals surface area contributed by atoms with Crippen LogP contribution in [0.4, 0.5) is 0 Å². The molecule has 0 aromatic carbocycles. The molecule has 5 nitrogen and oxygen atoms in total. The molecule has 0 radical (unpaired) electrons.